The Morgan fingerprint density at radius 2 is 2.00 bits per heavy atom. The molecule has 0 saturated carbocycles. The lowest BCUT2D eigenvalue weighted by Gasteiger charge is -2.47. The first-order valence-electron chi connectivity index (χ1n) is 9.60. The first kappa shape index (κ1) is 22.6. The number of halogens is 1. The summed E-state index contributed by atoms with van der Waals surface area (Å²) in [7, 11) is 0. The Kier molecular flexibility index (Phi) is 7.38. The summed E-state index contributed by atoms with van der Waals surface area (Å²) >= 11 is 6.96. The molecule has 2 N–H and O–H groups in total. The molecule has 1 aromatic rings. The molecule has 2 unspecified atom stereocenters. The van der Waals surface area contributed by atoms with Crippen LogP contribution < -0.4 is 5.32 Å². The second-order valence-electron chi connectivity index (χ2n) is 7.31. The standard InChI is InChI=1S/C20H23ClN2O6S/c1-11-7-8-14(29-11)13(24)10-30-19-16(18(26)23(19)17(21)20(27)28)22-15(25)9-12-5-3-2-4-6-12/h2-6,11,14,16-17,19H,7-10H2,1H3,(H,22,25)(H,27,28)/t11?,14?,16-,17-,19-/m1/s1. The molecular weight excluding hydrogens is 432 g/mol. The molecule has 1 aromatic carbocycles. The van der Waals surface area contributed by atoms with Gasteiger partial charge in [-0.05, 0) is 25.3 Å². The summed E-state index contributed by atoms with van der Waals surface area (Å²) in [6.07, 6.45) is 1.05. The molecule has 0 spiro atoms. The zero-order valence-electron chi connectivity index (χ0n) is 16.3. The summed E-state index contributed by atoms with van der Waals surface area (Å²) in [6, 6.07) is 8.09. The van der Waals surface area contributed by atoms with Gasteiger partial charge in [0.2, 0.25) is 11.4 Å². The van der Waals surface area contributed by atoms with E-state index in [4.69, 9.17) is 16.3 Å². The van der Waals surface area contributed by atoms with Crippen molar-refractivity contribution in [3.05, 3.63) is 35.9 Å². The molecule has 2 aliphatic heterocycles. The summed E-state index contributed by atoms with van der Waals surface area (Å²) in [5.74, 6) is -2.43. The molecule has 8 nitrogen and oxygen atoms in total. The van der Waals surface area contributed by atoms with E-state index in [0.29, 0.717) is 6.42 Å². The van der Waals surface area contributed by atoms with Crippen LogP contribution in [-0.4, -0.2) is 68.5 Å². The fraction of sp³-hybridized carbons (Fsp3) is 0.500. The van der Waals surface area contributed by atoms with Crippen molar-refractivity contribution < 1.29 is 29.0 Å². The van der Waals surface area contributed by atoms with Gasteiger partial charge in [-0.25, -0.2) is 4.79 Å². The summed E-state index contributed by atoms with van der Waals surface area (Å²) in [5.41, 5.74) is -0.790. The highest BCUT2D eigenvalue weighted by Crippen LogP contribution is 2.34. The van der Waals surface area contributed by atoms with Gasteiger partial charge in [0.15, 0.2) is 5.78 Å². The van der Waals surface area contributed by atoms with Gasteiger partial charge in [0.05, 0.1) is 18.3 Å². The maximum absolute atomic E-state index is 12.5. The van der Waals surface area contributed by atoms with Crippen molar-refractivity contribution in [1.29, 1.82) is 0 Å². The third-order valence-corrected chi connectivity index (χ3v) is 6.73. The number of thioether (sulfide) groups is 1. The smallest absolute Gasteiger partial charge is 0.342 e. The number of ether oxygens (including phenoxy) is 1. The minimum Gasteiger partial charge on any atom is -0.479 e. The lowest BCUT2D eigenvalue weighted by atomic mass is 10.1. The third-order valence-electron chi connectivity index (χ3n) is 5.04. The number of alkyl halides is 1. The molecule has 5 atom stereocenters. The highest BCUT2D eigenvalue weighted by molar-refractivity contribution is 8.00. The Bertz CT molecular complexity index is 823. The predicted octanol–water partition coefficient (Wildman–Crippen LogP) is 1.40. The van der Waals surface area contributed by atoms with Crippen LogP contribution in [0.5, 0.6) is 0 Å². The normalized spacial score (nSPS) is 26.7. The number of ketones is 1. The van der Waals surface area contributed by atoms with Crippen molar-refractivity contribution >= 4 is 46.9 Å². The van der Waals surface area contributed by atoms with Crippen LogP contribution >= 0.6 is 23.4 Å². The number of likely N-dealkylation sites (tertiary alicyclic amines) is 1. The number of rotatable bonds is 9. The maximum atomic E-state index is 12.5. The number of carboxylic acid groups (broad SMARTS) is 1. The molecule has 2 fully saturated rings. The Morgan fingerprint density at radius 3 is 2.60 bits per heavy atom. The van der Waals surface area contributed by atoms with Crippen LogP contribution in [0.15, 0.2) is 30.3 Å². The summed E-state index contributed by atoms with van der Waals surface area (Å²) in [6.45, 7) is 1.90. The van der Waals surface area contributed by atoms with Crippen molar-refractivity contribution in [2.24, 2.45) is 0 Å². The van der Waals surface area contributed by atoms with Crippen molar-refractivity contribution in [2.75, 3.05) is 5.75 Å². The fourth-order valence-electron chi connectivity index (χ4n) is 3.46. The summed E-state index contributed by atoms with van der Waals surface area (Å²) in [4.78, 5) is 49.5. The van der Waals surface area contributed by atoms with Gasteiger partial charge in [0.25, 0.3) is 5.91 Å². The van der Waals surface area contributed by atoms with Crippen molar-refractivity contribution in [1.82, 2.24) is 10.2 Å². The van der Waals surface area contributed by atoms with Crippen LogP contribution in [0, 0.1) is 0 Å². The van der Waals surface area contributed by atoms with Gasteiger partial charge in [0, 0.05) is 0 Å². The van der Waals surface area contributed by atoms with E-state index in [1.165, 1.54) is 0 Å². The van der Waals surface area contributed by atoms with Gasteiger partial charge >= 0.3 is 5.97 Å². The Labute approximate surface area is 183 Å². The van der Waals surface area contributed by atoms with E-state index in [0.717, 1.165) is 28.6 Å². The number of benzene rings is 1. The number of hydrogen-bond acceptors (Lipinski definition) is 6. The number of Topliss-reactive ketones (excluding diaryl/α,β-unsaturated/α-hetero) is 1. The van der Waals surface area contributed by atoms with Crippen LogP contribution in [0.4, 0.5) is 0 Å². The number of aliphatic carboxylic acids is 1. The average molecular weight is 455 g/mol. The molecule has 2 amide bonds. The second-order valence-corrected chi connectivity index (χ2v) is 8.83. The van der Waals surface area contributed by atoms with Crippen molar-refractivity contribution in [3.8, 4) is 0 Å². The Hall–Kier alpha value is -2.10. The van der Waals surface area contributed by atoms with E-state index in [9.17, 15) is 24.3 Å². The van der Waals surface area contributed by atoms with Gasteiger partial charge in [-0.3, -0.25) is 19.3 Å². The van der Waals surface area contributed by atoms with E-state index >= 15 is 0 Å². The van der Waals surface area contributed by atoms with Crippen LogP contribution in [0.1, 0.15) is 25.3 Å². The summed E-state index contributed by atoms with van der Waals surface area (Å²) < 4.78 is 5.57. The molecule has 0 bridgehead atoms. The minimum atomic E-state index is -1.57. The first-order chi connectivity index (χ1) is 14.3. The van der Waals surface area contributed by atoms with E-state index in [-0.39, 0.29) is 30.0 Å². The third kappa shape index (κ3) is 5.14. The zero-order valence-corrected chi connectivity index (χ0v) is 17.9. The number of carbonyl (C=O) groups is 4. The van der Waals surface area contributed by atoms with E-state index in [1.54, 1.807) is 24.3 Å². The quantitative estimate of drug-likeness (QED) is 0.329. The molecule has 0 aliphatic carbocycles. The minimum absolute atomic E-state index is 0.0231. The molecular formula is C20H23ClN2O6S. The Balaban J connectivity index is 1.63. The molecule has 162 valence electrons. The fourth-order valence-corrected chi connectivity index (χ4v) is 5.03. The van der Waals surface area contributed by atoms with Gasteiger partial charge in [-0.15, -0.1) is 11.8 Å². The van der Waals surface area contributed by atoms with Gasteiger partial charge in [-0.2, -0.15) is 0 Å². The highest BCUT2D eigenvalue weighted by Gasteiger charge is 2.53. The van der Waals surface area contributed by atoms with E-state index < -0.39 is 34.9 Å². The lowest BCUT2D eigenvalue weighted by molar-refractivity contribution is -0.157. The van der Waals surface area contributed by atoms with Crippen molar-refractivity contribution in [2.45, 2.75) is 55.3 Å². The van der Waals surface area contributed by atoms with Crippen molar-refractivity contribution in [3.63, 3.8) is 0 Å². The highest BCUT2D eigenvalue weighted by atomic mass is 35.5. The summed E-state index contributed by atoms with van der Waals surface area (Å²) in [5, 5.41) is 11.1. The lowest BCUT2D eigenvalue weighted by Crippen LogP contribution is -2.72. The molecule has 10 heteroatoms. The molecule has 30 heavy (non-hydrogen) atoms. The number of carboxylic acids is 1. The van der Waals surface area contributed by atoms with E-state index in [2.05, 4.69) is 5.32 Å². The molecule has 2 saturated heterocycles. The molecule has 0 aromatic heterocycles. The first-order valence-corrected chi connectivity index (χ1v) is 11.1. The van der Waals surface area contributed by atoms with Gasteiger partial charge < -0.3 is 15.2 Å². The molecule has 3 rings (SSSR count). The second kappa shape index (κ2) is 9.80. The number of nitrogens with one attached hydrogen (secondary N) is 1. The SMILES string of the molecule is CC1CCC(C(=O)CS[C@@H]2[C@H](NC(=O)Cc3ccccc3)C(=O)N2[C@@H](Cl)C(=O)O)O1. The average Bonchev–Trinajstić information content (AvgIpc) is 3.15. The number of β-lactam (4-membered cyclic amide) rings is 1. The predicted molar refractivity (Wildman–Crippen MR) is 111 cm³/mol. The molecule has 2 aliphatic rings. The van der Waals surface area contributed by atoms with Crippen LogP contribution in [-0.2, 0) is 30.3 Å². The molecule has 2 heterocycles. The number of amides is 2. The van der Waals surface area contributed by atoms with Crippen LogP contribution in [0.3, 0.4) is 0 Å². The number of hydrogen-bond donors (Lipinski definition) is 2. The largest absolute Gasteiger partial charge is 0.479 e. The van der Waals surface area contributed by atoms with E-state index in [1.807, 2.05) is 13.0 Å². The number of carbonyl (C=O) groups excluding carboxylic acids is 3. The monoisotopic (exact) mass is 454 g/mol. The topological polar surface area (TPSA) is 113 Å². The van der Waals surface area contributed by atoms with Gasteiger partial charge in [-0.1, -0.05) is 41.9 Å². The van der Waals surface area contributed by atoms with Crippen LogP contribution in [0.25, 0.3) is 0 Å². The van der Waals surface area contributed by atoms with Crippen LogP contribution in [0.2, 0.25) is 0 Å². The zero-order chi connectivity index (χ0) is 21.8. The Morgan fingerprint density at radius 1 is 1.30 bits per heavy atom. The molecule has 0 radical (unpaired) electrons. The number of nitrogens with zero attached hydrogens (tertiary/aromatic N) is 1. The van der Waals surface area contributed by atoms with Gasteiger partial charge in [0.1, 0.15) is 17.5 Å². The maximum Gasteiger partial charge on any atom is 0.342 e.